The van der Waals surface area contributed by atoms with Gasteiger partial charge in [0.25, 0.3) is 5.91 Å². The van der Waals surface area contributed by atoms with Crippen LogP contribution in [0.4, 0.5) is 0 Å². The van der Waals surface area contributed by atoms with Gasteiger partial charge < -0.3 is 5.32 Å². The summed E-state index contributed by atoms with van der Waals surface area (Å²) >= 11 is 4.89. The zero-order chi connectivity index (χ0) is 17.3. The van der Waals surface area contributed by atoms with Crippen LogP contribution < -0.4 is 5.32 Å². The third-order valence-electron chi connectivity index (χ3n) is 4.37. The van der Waals surface area contributed by atoms with Crippen molar-refractivity contribution in [2.45, 2.75) is 18.3 Å². The van der Waals surface area contributed by atoms with Crippen molar-refractivity contribution in [1.82, 2.24) is 20.3 Å². The maximum absolute atomic E-state index is 12.4. The lowest BCUT2D eigenvalue weighted by molar-refractivity contribution is 0.0945. The first-order valence-electron chi connectivity index (χ1n) is 7.93. The van der Waals surface area contributed by atoms with E-state index < -0.39 is 0 Å². The van der Waals surface area contributed by atoms with Gasteiger partial charge in [0.15, 0.2) is 10.8 Å². The molecule has 0 saturated heterocycles. The molecule has 1 aliphatic rings. The van der Waals surface area contributed by atoms with E-state index in [2.05, 4.69) is 48.3 Å². The first-order valence-corrected chi connectivity index (χ1v) is 9.61. The van der Waals surface area contributed by atoms with Crippen LogP contribution in [-0.2, 0) is 5.41 Å². The summed E-state index contributed by atoms with van der Waals surface area (Å²) in [4.78, 5) is 25.1. The molecule has 25 heavy (non-hydrogen) atoms. The van der Waals surface area contributed by atoms with Gasteiger partial charge in [0.2, 0.25) is 0 Å². The Bertz CT molecular complexity index is 908. The Labute approximate surface area is 157 Å². The number of rotatable bonds is 5. The number of aromatic nitrogens is 3. The van der Waals surface area contributed by atoms with Gasteiger partial charge in [-0.1, -0.05) is 28.1 Å². The van der Waals surface area contributed by atoms with Crippen LogP contribution in [0.25, 0.3) is 10.8 Å². The zero-order valence-corrected chi connectivity index (χ0v) is 15.7. The fraction of sp³-hybridized carbons (Fsp3) is 0.222. The number of amides is 1. The molecule has 7 heteroatoms. The number of carbonyl (C=O) groups excluding carboxylic acids is 1. The van der Waals surface area contributed by atoms with Crippen LogP contribution >= 0.6 is 27.3 Å². The highest BCUT2D eigenvalue weighted by atomic mass is 79.9. The average molecular weight is 415 g/mol. The minimum absolute atomic E-state index is 0.0564. The summed E-state index contributed by atoms with van der Waals surface area (Å²) in [5, 5.41) is 5.44. The van der Waals surface area contributed by atoms with E-state index in [1.807, 2.05) is 12.1 Å². The number of halogens is 1. The molecule has 0 radical (unpaired) electrons. The van der Waals surface area contributed by atoms with E-state index in [-0.39, 0.29) is 11.3 Å². The maximum Gasteiger partial charge on any atom is 0.270 e. The van der Waals surface area contributed by atoms with Gasteiger partial charge in [-0.25, -0.2) is 15.0 Å². The van der Waals surface area contributed by atoms with Crippen LogP contribution in [-0.4, -0.2) is 27.4 Å². The quantitative estimate of drug-likeness (QED) is 0.688. The van der Waals surface area contributed by atoms with E-state index in [1.165, 1.54) is 16.9 Å². The molecule has 1 N–H and O–H groups in total. The molecular formula is C18H15BrN4OS. The van der Waals surface area contributed by atoms with Gasteiger partial charge in [0.1, 0.15) is 5.69 Å². The van der Waals surface area contributed by atoms with E-state index in [1.54, 1.807) is 23.8 Å². The summed E-state index contributed by atoms with van der Waals surface area (Å²) in [5.41, 5.74) is 1.73. The minimum Gasteiger partial charge on any atom is -0.350 e. The highest BCUT2D eigenvalue weighted by Crippen LogP contribution is 2.48. The van der Waals surface area contributed by atoms with E-state index in [0.717, 1.165) is 17.3 Å². The van der Waals surface area contributed by atoms with Crippen LogP contribution in [0.5, 0.6) is 0 Å². The topological polar surface area (TPSA) is 67.8 Å². The highest BCUT2D eigenvalue weighted by molar-refractivity contribution is 9.10. The maximum atomic E-state index is 12.4. The van der Waals surface area contributed by atoms with Crippen LogP contribution in [0.3, 0.4) is 0 Å². The van der Waals surface area contributed by atoms with Gasteiger partial charge in [-0.2, -0.15) is 0 Å². The molecule has 1 aromatic carbocycles. The van der Waals surface area contributed by atoms with Crippen molar-refractivity contribution in [3.8, 4) is 10.8 Å². The lowest BCUT2D eigenvalue weighted by Gasteiger charge is -2.16. The summed E-state index contributed by atoms with van der Waals surface area (Å²) in [5.74, 6) is 0.388. The number of nitrogens with zero attached hydrogens (tertiary/aromatic N) is 3. The molecule has 1 aliphatic carbocycles. The third kappa shape index (κ3) is 3.48. The summed E-state index contributed by atoms with van der Waals surface area (Å²) in [7, 11) is 0. The van der Waals surface area contributed by atoms with Gasteiger partial charge >= 0.3 is 0 Å². The molecule has 2 heterocycles. The zero-order valence-electron chi connectivity index (χ0n) is 13.3. The summed E-state index contributed by atoms with van der Waals surface area (Å²) < 4.78 is 1.06. The van der Waals surface area contributed by atoms with Crippen LogP contribution in [0.1, 0.15) is 28.9 Å². The van der Waals surface area contributed by atoms with Gasteiger partial charge in [0.05, 0.1) is 0 Å². The number of nitrogens with one attached hydrogen (secondary N) is 1. The molecule has 0 aliphatic heterocycles. The number of benzene rings is 1. The molecule has 1 amide bonds. The summed E-state index contributed by atoms with van der Waals surface area (Å²) in [6, 6.07) is 10.1. The molecule has 0 bridgehead atoms. The number of hydrogen-bond donors (Lipinski definition) is 1. The van der Waals surface area contributed by atoms with E-state index in [9.17, 15) is 4.79 Å². The van der Waals surface area contributed by atoms with Crippen molar-refractivity contribution in [2.75, 3.05) is 6.54 Å². The first-order chi connectivity index (χ1) is 12.2. The predicted molar refractivity (Wildman–Crippen MR) is 101 cm³/mol. The summed E-state index contributed by atoms with van der Waals surface area (Å²) in [6.45, 7) is 0.622. The first kappa shape index (κ1) is 16.4. The molecule has 2 aromatic heterocycles. The van der Waals surface area contributed by atoms with Crippen molar-refractivity contribution in [3.63, 3.8) is 0 Å². The molecule has 4 rings (SSSR count). The second-order valence-electron chi connectivity index (χ2n) is 6.08. The normalized spacial score (nSPS) is 14.9. The molecule has 0 unspecified atom stereocenters. The predicted octanol–water partition coefficient (Wildman–Crippen LogP) is 3.82. The van der Waals surface area contributed by atoms with E-state index >= 15 is 0 Å². The van der Waals surface area contributed by atoms with Crippen LogP contribution in [0, 0.1) is 0 Å². The number of thiazole rings is 1. The van der Waals surface area contributed by atoms with E-state index in [0.29, 0.717) is 23.1 Å². The van der Waals surface area contributed by atoms with Gasteiger partial charge in [-0.05, 0) is 36.6 Å². The summed E-state index contributed by atoms with van der Waals surface area (Å²) in [6.07, 6.45) is 5.50. The Kier molecular flexibility index (Phi) is 4.35. The van der Waals surface area contributed by atoms with Gasteiger partial charge in [0, 0.05) is 34.2 Å². The van der Waals surface area contributed by atoms with Crippen molar-refractivity contribution in [3.05, 3.63) is 63.8 Å². The fourth-order valence-corrected chi connectivity index (χ4v) is 3.91. The second-order valence-corrected chi connectivity index (χ2v) is 7.86. The van der Waals surface area contributed by atoms with Gasteiger partial charge in [-0.15, -0.1) is 11.3 Å². The SMILES string of the molecule is O=C(NCC1(c2cccc(Br)c2)CC1)c1csc(-c2ncccn2)n1. The largest absolute Gasteiger partial charge is 0.350 e. The Balaban J connectivity index is 1.44. The number of hydrogen-bond acceptors (Lipinski definition) is 5. The monoisotopic (exact) mass is 414 g/mol. The smallest absolute Gasteiger partial charge is 0.270 e. The highest BCUT2D eigenvalue weighted by Gasteiger charge is 2.44. The van der Waals surface area contributed by atoms with Crippen molar-refractivity contribution in [2.24, 2.45) is 0 Å². The molecule has 1 saturated carbocycles. The number of carbonyl (C=O) groups is 1. The molecule has 0 spiro atoms. The van der Waals surface area contributed by atoms with Crippen molar-refractivity contribution < 1.29 is 4.79 Å². The van der Waals surface area contributed by atoms with Gasteiger partial charge in [-0.3, -0.25) is 4.79 Å². The Morgan fingerprint density at radius 2 is 2.04 bits per heavy atom. The second kappa shape index (κ2) is 6.65. The fourth-order valence-electron chi connectivity index (χ4n) is 2.77. The Morgan fingerprint density at radius 1 is 1.24 bits per heavy atom. The standard InChI is InChI=1S/C18H15BrN4OS/c19-13-4-1-3-12(9-13)18(5-6-18)11-22-16(24)14-10-25-17(23-14)15-20-7-2-8-21-15/h1-4,7-10H,5-6,11H2,(H,22,24). The molecule has 5 nitrogen and oxygen atoms in total. The van der Waals surface area contributed by atoms with Crippen LogP contribution in [0.15, 0.2) is 52.6 Å². The lowest BCUT2D eigenvalue weighted by atomic mass is 9.96. The van der Waals surface area contributed by atoms with Crippen molar-refractivity contribution >= 4 is 33.2 Å². The Hall–Kier alpha value is -2.12. The molecule has 126 valence electrons. The molecule has 1 fully saturated rings. The average Bonchev–Trinajstić information content (AvgIpc) is 3.27. The third-order valence-corrected chi connectivity index (χ3v) is 5.70. The molecule has 3 aromatic rings. The Morgan fingerprint density at radius 3 is 2.76 bits per heavy atom. The minimum atomic E-state index is -0.153. The van der Waals surface area contributed by atoms with E-state index in [4.69, 9.17) is 0 Å². The molecule has 0 atom stereocenters. The lowest BCUT2D eigenvalue weighted by Crippen LogP contribution is -2.32. The van der Waals surface area contributed by atoms with Crippen molar-refractivity contribution in [1.29, 1.82) is 0 Å². The van der Waals surface area contributed by atoms with Crippen LogP contribution in [0.2, 0.25) is 0 Å². The molecular weight excluding hydrogens is 400 g/mol.